The lowest BCUT2D eigenvalue weighted by Crippen LogP contribution is -2.03. The molecule has 115 heavy (non-hydrogen) atoms. The fourth-order valence-corrected chi connectivity index (χ4v) is 16.3. The summed E-state index contributed by atoms with van der Waals surface area (Å²) in [5, 5.41) is 129. The van der Waals surface area contributed by atoms with Crippen molar-refractivity contribution in [3.63, 3.8) is 0 Å². The number of nitro groups is 1. The quantitative estimate of drug-likeness (QED) is 0.00280. The van der Waals surface area contributed by atoms with E-state index in [4.69, 9.17) is 26.2 Å². The van der Waals surface area contributed by atoms with Crippen LogP contribution in [0.1, 0.15) is 12.0 Å². The molecule has 0 radical (unpaired) electrons. The number of hydrogen-bond donors (Lipinski definition) is 15. The number of benzene rings is 10. The van der Waals surface area contributed by atoms with Gasteiger partial charge in [0.05, 0.1) is 83.0 Å². The predicted octanol–water partition coefficient (Wildman–Crippen LogP) is 13.4. The van der Waals surface area contributed by atoms with Crippen LogP contribution in [0.4, 0.5) is 68.2 Å². The Hall–Kier alpha value is -10.5. The van der Waals surface area contributed by atoms with Gasteiger partial charge in [0, 0.05) is 63.6 Å². The zero-order chi connectivity index (χ0) is 84.6. The van der Waals surface area contributed by atoms with Gasteiger partial charge in [0.2, 0.25) is 0 Å². The molecule has 10 aromatic carbocycles. The van der Waals surface area contributed by atoms with E-state index in [9.17, 15) is 121 Å². The number of nitrogens with zero attached hydrogens (tertiary/aromatic N) is 11. The molecule has 608 valence electrons. The van der Waals surface area contributed by atoms with Crippen molar-refractivity contribution in [3.05, 3.63) is 119 Å². The molecule has 49 nitrogen and oxygen atoms in total. The summed E-state index contributed by atoms with van der Waals surface area (Å²) in [4.78, 5) is 0.827. The topological polar surface area (TPSA) is 780 Å². The lowest BCUT2D eigenvalue weighted by Gasteiger charge is -2.15. The van der Waals surface area contributed by atoms with Crippen molar-refractivity contribution in [1.29, 1.82) is 0 Å². The van der Waals surface area contributed by atoms with Gasteiger partial charge in [0.25, 0.3) is 76.5 Å². The second kappa shape index (κ2) is 33.7. The van der Waals surface area contributed by atoms with E-state index >= 15 is 0 Å². The third-order valence-corrected chi connectivity index (χ3v) is 23.3. The van der Waals surface area contributed by atoms with Crippen LogP contribution in [0.3, 0.4) is 0 Å². The minimum atomic E-state index is -5.84. The van der Waals surface area contributed by atoms with Gasteiger partial charge in [-0.3, -0.25) is 42.0 Å². The number of phenolic OH excluding ortho intramolecular Hbond substituents is 4. The zero-order valence-corrected chi connectivity index (χ0v) is 63.8. The number of nitro benzene ring substituents is 1. The number of rotatable bonds is 31. The van der Waals surface area contributed by atoms with E-state index in [0.717, 1.165) is 48.5 Å². The highest BCUT2D eigenvalue weighted by Gasteiger charge is 2.32. The zero-order valence-electron chi connectivity index (χ0n) is 55.7. The van der Waals surface area contributed by atoms with E-state index in [2.05, 4.69) is 79.3 Å². The van der Waals surface area contributed by atoms with Gasteiger partial charge in [0.15, 0.2) is 17.2 Å². The summed E-state index contributed by atoms with van der Waals surface area (Å²) in [7, 11) is -38.2. The fraction of sp³-hybridized carbons (Fsp3) is 0.0714. The Morgan fingerprint density at radius 2 is 0.957 bits per heavy atom. The number of azo groups is 5. The third kappa shape index (κ3) is 19.4. The molecule has 0 saturated heterocycles. The maximum atomic E-state index is 13.4. The third-order valence-electron chi connectivity index (χ3n) is 15.3. The molecule has 0 heterocycles. The molecule has 0 fully saturated rings. The molecule has 0 aliphatic heterocycles. The monoisotopic (exact) mass is 1790 g/mol. The SMILES string of the molecule is Cc1cc(N=Nc2c(S(=O)(=O)O)cc3cc(SOOO)c(N=Nc4c(S(=O)(=O)O)cc5c(S(=O)(=O)O)c(N=Nc6cc(S(=O)(=O)O)c7cc(SOOO)c(N=Nc8ccc([N+](=O)[O-])cc8S(=O)(=O)O)c(O)c7c6N)ccc5c4O)cc3c2O)c(OCCCSOOO)cc1N=Nc1cc(S(=O)(=O)O)cc2cc(S(=O)(=O)O)cc(O)c12. The van der Waals surface area contributed by atoms with Gasteiger partial charge in [-0.1, -0.05) is 15.1 Å². The molecule has 59 heteroatoms. The summed E-state index contributed by atoms with van der Waals surface area (Å²) >= 11 is 0.562. The molecule has 10 rings (SSSR count). The van der Waals surface area contributed by atoms with Crippen molar-refractivity contribution in [1.82, 2.24) is 0 Å². The van der Waals surface area contributed by atoms with Gasteiger partial charge in [-0.05, 0) is 109 Å². The minimum absolute atomic E-state index is 0.0256. The number of aryl methyl sites for hydroxylation is 1. The molecule has 0 amide bonds. The molecular formula is C56H42N12O37S10. The van der Waals surface area contributed by atoms with Crippen molar-refractivity contribution in [2.24, 2.45) is 51.1 Å². The highest BCUT2D eigenvalue weighted by atomic mass is 32.2. The molecule has 0 spiro atoms. The summed E-state index contributed by atoms with van der Waals surface area (Å²) in [5.41, 5.74) is -3.12. The van der Waals surface area contributed by atoms with Crippen molar-refractivity contribution in [2.45, 2.75) is 57.4 Å². The van der Waals surface area contributed by atoms with E-state index in [0.29, 0.717) is 54.5 Å². The number of ether oxygens (including phenoxy) is 1. The second-order valence-electron chi connectivity index (χ2n) is 22.4. The summed E-state index contributed by atoms with van der Waals surface area (Å²) < 4.78 is 270. The Bertz CT molecular complexity index is 6780. The normalized spacial score (nSPS) is 13.1. The van der Waals surface area contributed by atoms with E-state index in [1.807, 2.05) is 0 Å². The van der Waals surface area contributed by atoms with Crippen LogP contribution in [0, 0.1) is 17.0 Å². The van der Waals surface area contributed by atoms with Crippen LogP contribution in [0.5, 0.6) is 28.7 Å². The number of nitrogen functional groups attached to an aromatic ring is 1. The summed E-state index contributed by atoms with van der Waals surface area (Å²) in [5.74, 6) is -5.00. The first-order valence-corrected chi connectivity index (χ1v) is 42.1. The molecule has 0 unspecified atom stereocenters. The first-order chi connectivity index (χ1) is 53.6. The maximum absolute atomic E-state index is 13.4. The highest BCUT2D eigenvalue weighted by Crippen LogP contribution is 2.53. The summed E-state index contributed by atoms with van der Waals surface area (Å²) in [6, 6.07) is 12.1. The highest BCUT2D eigenvalue weighted by molar-refractivity contribution is 7.95. The molecule has 0 aliphatic rings. The minimum Gasteiger partial charge on any atom is -0.507 e. The van der Waals surface area contributed by atoms with E-state index in [1.54, 1.807) is 0 Å². The smallest absolute Gasteiger partial charge is 0.297 e. The molecule has 0 saturated carbocycles. The maximum Gasteiger partial charge on any atom is 0.297 e. The van der Waals surface area contributed by atoms with Crippen LogP contribution in [0.2, 0.25) is 0 Å². The van der Waals surface area contributed by atoms with Crippen LogP contribution in [-0.4, -0.2) is 144 Å². The molecule has 16 N–H and O–H groups in total. The van der Waals surface area contributed by atoms with Crippen LogP contribution in [0.25, 0.3) is 43.1 Å². The first kappa shape index (κ1) is 86.9. The Morgan fingerprint density at radius 3 is 1.55 bits per heavy atom. The largest absolute Gasteiger partial charge is 0.507 e. The first-order valence-electron chi connectivity index (χ1n) is 29.6. The Morgan fingerprint density at radius 1 is 0.426 bits per heavy atom. The Balaban J connectivity index is 1.08. The molecule has 0 atom stereocenters. The standard InChI is InChI=1S/C56H42N12O37S10/c1-22-9-35(40(99-7-2-8-106-103-100-75)20-34(22)60-63-37-15-26(109(78,79)80)10-24-11-27(110(81,82)83)16-39(69)47(24)37)61-66-51-45(113(90,91)92)13-23-12-41(107-104-101-76)36(17-29(23)54(51)71)62-67-52-46(114(93,94)95)19-30-28(53(52)70)4-6-33(56(30)115(96,97)98)59-64-38-21-43(111(84,85)86)31-18-42(108-105-102-77)50(55(72)48(31)49(38)57)65-58-32-5-3-25(68(73)74)14-44(32)112(87,88)89/h3-6,9-21,69-72,75-77H,2,7-8,57H2,1H3,(H,78,79,80)(H,81,82,83)(H,84,85,86)(H,87,88,89)(H,90,91,92)(H,93,94,95)(H,96,97,98). The van der Waals surface area contributed by atoms with Gasteiger partial charge in [-0.2, -0.15) is 64.0 Å². The average molecular weight is 1800 g/mol. The number of non-ortho nitro benzene ring substituents is 1. The number of aromatic hydroxyl groups is 4. The number of fused-ring (bicyclic) bond motifs is 4. The van der Waals surface area contributed by atoms with Crippen LogP contribution in [0.15, 0.2) is 198 Å². The van der Waals surface area contributed by atoms with Gasteiger partial charge in [0.1, 0.15) is 81.5 Å². The molecule has 0 aromatic heterocycles. The molecule has 0 aliphatic carbocycles. The summed E-state index contributed by atoms with van der Waals surface area (Å²) in [6.45, 7) is 1.10. The number of nitrogens with two attached hydrogens (primary N) is 1. The van der Waals surface area contributed by atoms with Crippen molar-refractivity contribution in [3.8, 4) is 28.7 Å². The molecular weight excluding hydrogens is 1750 g/mol. The lowest BCUT2D eigenvalue weighted by atomic mass is 10.0. The van der Waals surface area contributed by atoms with E-state index in [-0.39, 0.29) is 87.8 Å². The van der Waals surface area contributed by atoms with Crippen molar-refractivity contribution >= 4 is 218 Å². The van der Waals surface area contributed by atoms with Crippen LogP contribution >= 0.6 is 36.1 Å². The van der Waals surface area contributed by atoms with Crippen molar-refractivity contribution < 1.29 is 165 Å². The van der Waals surface area contributed by atoms with Crippen molar-refractivity contribution in [2.75, 3.05) is 18.1 Å². The van der Waals surface area contributed by atoms with Gasteiger partial charge in [-0.25, -0.2) is 15.8 Å². The van der Waals surface area contributed by atoms with Crippen LogP contribution < -0.4 is 10.5 Å². The lowest BCUT2D eigenvalue weighted by molar-refractivity contribution is -0.432. The fourth-order valence-electron chi connectivity index (χ4n) is 10.4. The number of anilines is 1. The Labute approximate surface area is 652 Å². The number of hydrogen-bond acceptors (Lipinski definition) is 44. The van der Waals surface area contributed by atoms with E-state index < -0.39 is 227 Å². The average Bonchev–Trinajstić information content (AvgIpc) is 0.744. The molecule has 10 aromatic rings. The summed E-state index contributed by atoms with van der Waals surface area (Å²) in [6.07, 6.45) is 0.0839. The second-order valence-corrected chi connectivity index (χ2v) is 34.5. The van der Waals surface area contributed by atoms with Gasteiger partial charge < -0.3 is 30.9 Å². The van der Waals surface area contributed by atoms with Gasteiger partial charge in [-0.15, -0.1) is 59.0 Å². The predicted molar refractivity (Wildman–Crippen MR) is 389 cm³/mol. The van der Waals surface area contributed by atoms with Gasteiger partial charge >= 0.3 is 0 Å². The molecule has 0 bridgehead atoms. The van der Waals surface area contributed by atoms with Crippen LogP contribution in [-0.2, 0) is 98.9 Å². The Kier molecular flexibility index (Phi) is 25.5. The van der Waals surface area contributed by atoms with E-state index in [1.165, 1.54) is 13.0 Å². The number of phenols is 4.